The lowest BCUT2D eigenvalue weighted by atomic mass is 9.94. The lowest BCUT2D eigenvalue weighted by molar-refractivity contribution is 0.0929. The van der Waals surface area contributed by atoms with Crippen LogP contribution in [0.5, 0.6) is 0 Å². The minimum atomic E-state index is 0.0678. The summed E-state index contributed by atoms with van der Waals surface area (Å²) in [6.45, 7) is 3.41. The summed E-state index contributed by atoms with van der Waals surface area (Å²) >= 11 is 0. The number of rotatable bonds is 2. The van der Waals surface area contributed by atoms with Gasteiger partial charge in [0, 0.05) is 18.2 Å². The van der Waals surface area contributed by atoms with Crippen molar-refractivity contribution in [2.45, 2.75) is 25.3 Å². The molecule has 0 spiro atoms. The summed E-state index contributed by atoms with van der Waals surface area (Å²) in [4.78, 5) is 15.1. The van der Waals surface area contributed by atoms with Crippen LogP contribution in [0.3, 0.4) is 0 Å². The van der Waals surface area contributed by atoms with Crippen molar-refractivity contribution in [3.05, 3.63) is 48.0 Å². The second kappa shape index (κ2) is 5.73. The number of hydrogen-bond acceptors (Lipinski definition) is 2. The highest BCUT2D eigenvalue weighted by atomic mass is 16.1. The predicted molar refractivity (Wildman–Crippen MR) is 89.0 cm³/mol. The number of hydrogen-bond donors (Lipinski definition) is 1. The summed E-state index contributed by atoms with van der Waals surface area (Å²) < 4.78 is 0. The van der Waals surface area contributed by atoms with Crippen molar-refractivity contribution in [3.8, 4) is 0 Å². The SMILES string of the molecule is O=C(NC1CC2CCN(CC2)C1)c1ccc2ccccc2c1. The number of carbonyl (C=O) groups excluding carboxylic acids is 1. The molecule has 3 heteroatoms. The maximum atomic E-state index is 12.6. The highest BCUT2D eigenvalue weighted by Crippen LogP contribution is 2.27. The monoisotopic (exact) mass is 294 g/mol. The van der Waals surface area contributed by atoms with E-state index >= 15 is 0 Å². The summed E-state index contributed by atoms with van der Waals surface area (Å²) in [6, 6.07) is 14.4. The Hall–Kier alpha value is -1.87. The first-order valence-corrected chi connectivity index (χ1v) is 8.30. The molecule has 1 atom stereocenters. The molecule has 2 aromatic rings. The van der Waals surface area contributed by atoms with E-state index in [-0.39, 0.29) is 5.91 Å². The number of amides is 1. The zero-order valence-electron chi connectivity index (χ0n) is 12.8. The third-order valence-corrected chi connectivity index (χ3v) is 5.15. The summed E-state index contributed by atoms with van der Waals surface area (Å²) in [5.41, 5.74) is 0.769. The van der Waals surface area contributed by atoms with Crippen LogP contribution < -0.4 is 5.32 Å². The predicted octanol–water partition coefficient (Wildman–Crippen LogP) is 3.05. The molecule has 2 aromatic carbocycles. The molecule has 1 N–H and O–H groups in total. The van der Waals surface area contributed by atoms with Gasteiger partial charge >= 0.3 is 0 Å². The maximum absolute atomic E-state index is 12.6. The molecule has 3 saturated heterocycles. The Morgan fingerprint density at radius 3 is 2.64 bits per heavy atom. The van der Waals surface area contributed by atoms with Crippen molar-refractivity contribution in [2.75, 3.05) is 19.6 Å². The van der Waals surface area contributed by atoms with Gasteiger partial charge in [-0.2, -0.15) is 0 Å². The van der Waals surface area contributed by atoms with E-state index < -0.39 is 0 Å². The Bertz CT molecular complexity index is 675. The second-order valence-electron chi connectivity index (χ2n) is 6.71. The molecule has 0 aliphatic carbocycles. The van der Waals surface area contributed by atoms with Crippen molar-refractivity contribution in [1.82, 2.24) is 10.2 Å². The fourth-order valence-corrected chi connectivity index (χ4v) is 3.90. The van der Waals surface area contributed by atoms with E-state index in [1.165, 1.54) is 31.3 Å². The molecule has 1 amide bonds. The van der Waals surface area contributed by atoms with Gasteiger partial charge in [0.2, 0.25) is 0 Å². The fourth-order valence-electron chi connectivity index (χ4n) is 3.90. The third kappa shape index (κ3) is 2.73. The van der Waals surface area contributed by atoms with Crippen LogP contribution in [-0.2, 0) is 0 Å². The summed E-state index contributed by atoms with van der Waals surface area (Å²) in [7, 11) is 0. The minimum absolute atomic E-state index is 0.0678. The van der Waals surface area contributed by atoms with Crippen LogP contribution in [0.15, 0.2) is 42.5 Å². The molecular formula is C19H22N2O. The summed E-state index contributed by atoms with van der Waals surface area (Å²) in [6.07, 6.45) is 3.72. The molecule has 114 valence electrons. The largest absolute Gasteiger partial charge is 0.348 e. The highest BCUT2D eigenvalue weighted by Gasteiger charge is 2.29. The van der Waals surface area contributed by atoms with Gasteiger partial charge in [0.05, 0.1) is 0 Å². The van der Waals surface area contributed by atoms with Gasteiger partial charge in [0.15, 0.2) is 0 Å². The van der Waals surface area contributed by atoms with E-state index in [1.807, 2.05) is 30.3 Å². The third-order valence-electron chi connectivity index (χ3n) is 5.15. The van der Waals surface area contributed by atoms with Gasteiger partial charge < -0.3 is 10.2 Å². The number of benzene rings is 2. The molecule has 3 fully saturated rings. The van der Waals surface area contributed by atoms with Crippen LogP contribution in [0.2, 0.25) is 0 Å². The number of fused-ring (bicyclic) bond motifs is 5. The van der Waals surface area contributed by atoms with E-state index in [1.54, 1.807) is 0 Å². The van der Waals surface area contributed by atoms with Crippen molar-refractivity contribution >= 4 is 16.7 Å². The Morgan fingerprint density at radius 2 is 1.82 bits per heavy atom. The first kappa shape index (κ1) is 13.8. The van der Waals surface area contributed by atoms with Gasteiger partial charge in [-0.3, -0.25) is 4.79 Å². The number of nitrogens with one attached hydrogen (secondary N) is 1. The Balaban J connectivity index is 1.51. The molecule has 0 aromatic heterocycles. The smallest absolute Gasteiger partial charge is 0.251 e. The average Bonchev–Trinajstić information content (AvgIpc) is 2.86. The first-order valence-electron chi connectivity index (χ1n) is 8.30. The van der Waals surface area contributed by atoms with Crippen molar-refractivity contribution < 1.29 is 4.79 Å². The van der Waals surface area contributed by atoms with Crippen LogP contribution in [-0.4, -0.2) is 36.5 Å². The zero-order valence-corrected chi connectivity index (χ0v) is 12.8. The van der Waals surface area contributed by atoms with Crippen LogP contribution >= 0.6 is 0 Å². The van der Waals surface area contributed by atoms with Gasteiger partial charge in [0.1, 0.15) is 0 Å². The summed E-state index contributed by atoms with van der Waals surface area (Å²) in [5.74, 6) is 0.860. The van der Waals surface area contributed by atoms with Crippen LogP contribution in [0, 0.1) is 5.92 Å². The van der Waals surface area contributed by atoms with E-state index in [9.17, 15) is 4.79 Å². The standard InChI is InChI=1S/C19H22N2O/c22-19(17-6-5-15-3-1-2-4-16(15)12-17)20-18-11-14-7-9-21(13-18)10-8-14/h1-6,12,14,18H,7-11,13H2,(H,20,22). The van der Waals surface area contributed by atoms with E-state index in [4.69, 9.17) is 0 Å². The van der Waals surface area contributed by atoms with Crippen molar-refractivity contribution in [1.29, 1.82) is 0 Å². The Kier molecular flexibility index (Phi) is 3.59. The summed E-state index contributed by atoms with van der Waals surface area (Å²) in [5, 5.41) is 5.56. The quantitative estimate of drug-likeness (QED) is 0.923. The van der Waals surface area contributed by atoms with Crippen LogP contribution in [0.4, 0.5) is 0 Å². The Labute approximate surface area is 131 Å². The second-order valence-corrected chi connectivity index (χ2v) is 6.71. The average molecular weight is 294 g/mol. The lowest BCUT2D eigenvalue weighted by Gasteiger charge is -2.26. The molecule has 22 heavy (non-hydrogen) atoms. The van der Waals surface area contributed by atoms with E-state index in [2.05, 4.69) is 22.3 Å². The topological polar surface area (TPSA) is 32.3 Å². The Morgan fingerprint density at radius 1 is 1.05 bits per heavy atom. The van der Waals surface area contributed by atoms with Gasteiger partial charge in [-0.05, 0) is 61.2 Å². The van der Waals surface area contributed by atoms with Gasteiger partial charge in [-0.25, -0.2) is 0 Å². The fraction of sp³-hybridized carbons (Fsp3) is 0.421. The van der Waals surface area contributed by atoms with Gasteiger partial charge in [-0.15, -0.1) is 0 Å². The normalized spacial score (nSPS) is 27.5. The van der Waals surface area contributed by atoms with Gasteiger partial charge in [0.25, 0.3) is 5.91 Å². The van der Waals surface area contributed by atoms with E-state index in [0.717, 1.165) is 29.8 Å². The molecule has 3 aliphatic rings. The van der Waals surface area contributed by atoms with Crippen molar-refractivity contribution in [2.24, 2.45) is 5.92 Å². The molecule has 3 heterocycles. The number of carbonyl (C=O) groups is 1. The molecular weight excluding hydrogens is 272 g/mol. The van der Waals surface area contributed by atoms with Crippen LogP contribution in [0.1, 0.15) is 29.6 Å². The highest BCUT2D eigenvalue weighted by molar-refractivity contribution is 5.98. The van der Waals surface area contributed by atoms with Crippen molar-refractivity contribution in [3.63, 3.8) is 0 Å². The van der Waals surface area contributed by atoms with E-state index in [0.29, 0.717) is 6.04 Å². The molecule has 3 aliphatic heterocycles. The maximum Gasteiger partial charge on any atom is 0.251 e. The minimum Gasteiger partial charge on any atom is -0.348 e. The molecule has 0 radical (unpaired) electrons. The molecule has 2 bridgehead atoms. The first-order chi connectivity index (χ1) is 10.8. The number of piperidine rings is 1. The molecule has 1 unspecified atom stereocenters. The number of nitrogens with zero attached hydrogens (tertiary/aromatic N) is 1. The molecule has 5 rings (SSSR count). The molecule has 0 saturated carbocycles. The lowest BCUT2D eigenvalue weighted by Crippen LogP contribution is -2.41. The molecule has 3 nitrogen and oxygen atoms in total. The van der Waals surface area contributed by atoms with Crippen LogP contribution in [0.25, 0.3) is 10.8 Å². The van der Waals surface area contributed by atoms with Gasteiger partial charge in [-0.1, -0.05) is 30.3 Å². The zero-order chi connectivity index (χ0) is 14.9.